The first kappa shape index (κ1) is 11.8. The van der Waals surface area contributed by atoms with E-state index >= 15 is 0 Å². The Bertz CT molecular complexity index is 293. The van der Waals surface area contributed by atoms with Crippen LogP contribution in [-0.2, 0) is 5.75 Å². The van der Waals surface area contributed by atoms with Crippen molar-refractivity contribution in [2.24, 2.45) is 0 Å². The number of hydrogen-bond acceptors (Lipinski definition) is 3. The van der Waals surface area contributed by atoms with E-state index < -0.39 is 6.09 Å². The highest BCUT2D eigenvalue weighted by molar-refractivity contribution is 7.98. The van der Waals surface area contributed by atoms with Crippen molar-refractivity contribution in [1.29, 1.82) is 0 Å². The summed E-state index contributed by atoms with van der Waals surface area (Å²) in [5, 5.41) is 10.7. The molecule has 0 fully saturated rings. The monoisotopic (exact) mass is 226 g/mol. The van der Waals surface area contributed by atoms with Gasteiger partial charge in [0, 0.05) is 24.7 Å². The van der Waals surface area contributed by atoms with Crippen LogP contribution in [0.3, 0.4) is 0 Å². The van der Waals surface area contributed by atoms with Gasteiger partial charge in [0.25, 0.3) is 0 Å². The number of rotatable bonds is 6. The van der Waals surface area contributed by atoms with Crippen LogP contribution in [-0.4, -0.2) is 28.5 Å². The third kappa shape index (κ3) is 5.96. The lowest BCUT2D eigenvalue weighted by Gasteiger charge is -2.01. The maximum Gasteiger partial charge on any atom is 0.404 e. The zero-order valence-electron chi connectivity index (χ0n) is 8.35. The van der Waals surface area contributed by atoms with Gasteiger partial charge in [-0.05, 0) is 29.9 Å². The Labute approximate surface area is 93.1 Å². The van der Waals surface area contributed by atoms with Crippen LogP contribution in [0, 0.1) is 0 Å². The summed E-state index contributed by atoms with van der Waals surface area (Å²) in [4.78, 5) is 14.1. The number of aromatic nitrogens is 1. The van der Waals surface area contributed by atoms with Crippen LogP contribution in [0.2, 0.25) is 0 Å². The predicted octanol–water partition coefficient (Wildman–Crippen LogP) is 1.97. The van der Waals surface area contributed by atoms with Gasteiger partial charge in [-0.1, -0.05) is 0 Å². The average molecular weight is 226 g/mol. The molecule has 0 unspecified atom stereocenters. The second-order valence-electron chi connectivity index (χ2n) is 2.99. The number of nitrogens with zero attached hydrogens (tertiary/aromatic N) is 1. The Balaban J connectivity index is 2.00. The molecule has 0 atom stereocenters. The molecule has 5 heteroatoms. The summed E-state index contributed by atoms with van der Waals surface area (Å²) < 4.78 is 0. The molecule has 0 aliphatic heterocycles. The normalized spacial score (nSPS) is 9.87. The van der Waals surface area contributed by atoms with Crippen LogP contribution in [0.1, 0.15) is 12.0 Å². The van der Waals surface area contributed by atoms with Gasteiger partial charge in [0.15, 0.2) is 0 Å². The lowest BCUT2D eigenvalue weighted by Crippen LogP contribution is -2.22. The Morgan fingerprint density at radius 2 is 2.20 bits per heavy atom. The predicted molar refractivity (Wildman–Crippen MR) is 61.0 cm³/mol. The molecule has 0 aliphatic rings. The second kappa shape index (κ2) is 7.11. The maximum atomic E-state index is 10.1. The summed E-state index contributed by atoms with van der Waals surface area (Å²) in [7, 11) is 0. The molecule has 1 heterocycles. The molecular formula is C10H14N2O2S. The summed E-state index contributed by atoms with van der Waals surface area (Å²) >= 11 is 1.80. The molecule has 0 saturated heterocycles. The SMILES string of the molecule is O=C(O)NCCCSCc1ccncc1. The van der Waals surface area contributed by atoms with Crippen LogP contribution in [0.5, 0.6) is 0 Å². The minimum Gasteiger partial charge on any atom is -0.465 e. The zero-order chi connectivity index (χ0) is 10.9. The summed E-state index contributed by atoms with van der Waals surface area (Å²) in [6.07, 6.45) is 3.47. The fourth-order valence-corrected chi connectivity index (χ4v) is 1.96. The summed E-state index contributed by atoms with van der Waals surface area (Å²) in [5.74, 6) is 1.91. The highest BCUT2D eigenvalue weighted by Gasteiger charge is 1.95. The van der Waals surface area contributed by atoms with E-state index in [0.717, 1.165) is 17.9 Å². The standard InChI is InChI=1S/C10H14N2O2S/c13-10(14)12-4-1-7-15-8-9-2-5-11-6-3-9/h2-3,5-6,12H,1,4,7-8H2,(H,13,14). The van der Waals surface area contributed by atoms with Crippen LogP contribution in [0.25, 0.3) is 0 Å². The van der Waals surface area contributed by atoms with E-state index in [2.05, 4.69) is 10.3 Å². The number of carboxylic acid groups (broad SMARTS) is 1. The number of amides is 1. The lowest BCUT2D eigenvalue weighted by molar-refractivity contribution is 0.194. The molecule has 0 bridgehead atoms. The van der Waals surface area contributed by atoms with Crippen LogP contribution < -0.4 is 5.32 Å². The molecule has 0 aliphatic carbocycles. The minimum absolute atomic E-state index is 0.526. The fraction of sp³-hybridized carbons (Fsp3) is 0.400. The molecule has 1 aromatic rings. The first-order valence-corrected chi connectivity index (χ1v) is 5.88. The molecule has 1 rings (SSSR count). The first-order chi connectivity index (χ1) is 7.29. The van der Waals surface area contributed by atoms with Crippen molar-refractivity contribution in [2.75, 3.05) is 12.3 Å². The van der Waals surface area contributed by atoms with Gasteiger partial charge in [-0.25, -0.2) is 4.79 Å². The summed E-state index contributed by atoms with van der Waals surface area (Å²) in [6, 6.07) is 3.98. The van der Waals surface area contributed by atoms with Crippen LogP contribution in [0.15, 0.2) is 24.5 Å². The lowest BCUT2D eigenvalue weighted by atomic mass is 10.3. The molecule has 82 valence electrons. The topological polar surface area (TPSA) is 62.2 Å². The second-order valence-corrected chi connectivity index (χ2v) is 4.10. The minimum atomic E-state index is -0.950. The van der Waals surface area contributed by atoms with E-state index in [1.54, 1.807) is 24.2 Å². The molecule has 0 radical (unpaired) electrons. The summed E-state index contributed by atoms with van der Waals surface area (Å²) in [5.41, 5.74) is 1.25. The van der Waals surface area contributed by atoms with E-state index in [1.807, 2.05) is 12.1 Å². The third-order valence-corrected chi connectivity index (χ3v) is 2.87. The highest BCUT2D eigenvalue weighted by atomic mass is 32.2. The van der Waals surface area contributed by atoms with Crippen LogP contribution >= 0.6 is 11.8 Å². The zero-order valence-corrected chi connectivity index (χ0v) is 9.17. The van der Waals surface area contributed by atoms with Crippen molar-refractivity contribution in [3.63, 3.8) is 0 Å². The number of pyridine rings is 1. The van der Waals surface area contributed by atoms with Crippen molar-refractivity contribution in [3.05, 3.63) is 30.1 Å². The first-order valence-electron chi connectivity index (χ1n) is 4.72. The number of nitrogens with one attached hydrogen (secondary N) is 1. The molecule has 4 nitrogen and oxygen atoms in total. The Morgan fingerprint density at radius 3 is 2.87 bits per heavy atom. The van der Waals surface area contributed by atoms with Gasteiger partial charge in [-0.2, -0.15) is 11.8 Å². The number of carbonyl (C=O) groups is 1. The Morgan fingerprint density at radius 1 is 1.47 bits per heavy atom. The molecule has 1 amide bonds. The van der Waals surface area contributed by atoms with Gasteiger partial charge < -0.3 is 10.4 Å². The molecule has 2 N–H and O–H groups in total. The van der Waals surface area contributed by atoms with Gasteiger partial charge in [0.1, 0.15) is 0 Å². The van der Waals surface area contributed by atoms with Crippen molar-refractivity contribution >= 4 is 17.9 Å². The smallest absolute Gasteiger partial charge is 0.404 e. The molecule has 0 aromatic carbocycles. The third-order valence-electron chi connectivity index (χ3n) is 1.76. The Hall–Kier alpha value is -1.23. The molecule has 0 spiro atoms. The van der Waals surface area contributed by atoms with Gasteiger partial charge in [0.05, 0.1) is 0 Å². The van der Waals surface area contributed by atoms with Gasteiger partial charge in [-0.3, -0.25) is 4.98 Å². The molecule has 1 aromatic heterocycles. The molecule has 15 heavy (non-hydrogen) atoms. The van der Waals surface area contributed by atoms with Gasteiger partial charge in [0.2, 0.25) is 0 Å². The van der Waals surface area contributed by atoms with Gasteiger partial charge in [-0.15, -0.1) is 0 Å². The summed E-state index contributed by atoms with van der Waals surface area (Å²) in [6.45, 7) is 0.526. The van der Waals surface area contributed by atoms with Crippen molar-refractivity contribution < 1.29 is 9.90 Å². The number of thioether (sulfide) groups is 1. The average Bonchev–Trinajstić information content (AvgIpc) is 2.24. The van der Waals surface area contributed by atoms with E-state index in [4.69, 9.17) is 5.11 Å². The fourth-order valence-electron chi connectivity index (χ4n) is 1.04. The molecular weight excluding hydrogens is 212 g/mol. The molecule has 0 saturated carbocycles. The number of hydrogen-bond donors (Lipinski definition) is 2. The van der Waals surface area contributed by atoms with Gasteiger partial charge >= 0.3 is 6.09 Å². The van der Waals surface area contributed by atoms with E-state index in [0.29, 0.717) is 6.54 Å². The Kier molecular flexibility index (Phi) is 5.62. The van der Waals surface area contributed by atoms with Crippen LogP contribution in [0.4, 0.5) is 4.79 Å². The van der Waals surface area contributed by atoms with Crippen molar-refractivity contribution in [3.8, 4) is 0 Å². The maximum absolute atomic E-state index is 10.1. The van der Waals surface area contributed by atoms with Crippen molar-refractivity contribution in [1.82, 2.24) is 10.3 Å². The van der Waals surface area contributed by atoms with E-state index in [-0.39, 0.29) is 0 Å². The quantitative estimate of drug-likeness (QED) is 0.728. The highest BCUT2D eigenvalue weighted by Crippen LogP contribution is 2.11. The van der Waals surface area contributed by atoms with E-state index in [9.17, 15) is 4.79 Å². The van der Waals surface area contributed by atoms with Crippen molar-refractivity contribution in [2.45, 2.75) is 12.2 Å². The largest absolute Gasteiger partial charge is 0.465 e. The van der Waals surface area contributed by atoms with E-state index in [1.165, 1.54) is 5.56 Å².